The number of nitrogens with one attached hydrogen (secondary N) is 1. The number of aromatic nitrogens is 6. The molecule has 10 heteroatoms. The molecule has 0 aliphatic rings. The predicted octanol–water partition coefficient (Wildman–Crippen LogP) is 3.56. The van der Waals surface area contributed by atoms with E-state index >= 15 is 0 Å². The molecule has 0 spiro atoms. The van der Waals surface area contributed by atoms with Crippen LogP contribution >= 0.6 is 15.9 Å². The van der Waals surface area contributed by atoms with Gasteiger partial charge in [0, 0.05) is 17.8 Å². The van der Waals surface area contributed by atoms with Gasteiger partial charge in [0.05, 0.1) is 23.0 Å². The topological polar surface area (TPSA) is 90.5 Å². The van der Waals surface area contributed by atoms with E-state index in [1.54, 1.807) is 33.8 Å². The highest BCUT2D eigenvalue weighted by Gasteiger charge is 2.17. The Hall–Kier alpha value is -3.14. The van der Waals surface area contributed by atoms with E-state index < -0.39 is 0 Å². The van der Waals surface area contributed by atoms with Crippen LogP contribution < -0.4 is 5.32 Å². The number of alkyl halides is 1. The average molecular weight is 458 g/mol. The lowest BCUT2D eigenvalue weighted by molar-refractivity contribution is -0.116. The number of carbonyl (C=O) groups excluding carboxylic acids is 1. The fourth-order valence-electron chi connectivity index (χ4n) is 2.95. The SMILES string of the molecule is Cc1cc(NC(=O)CCCBr)n(-c2ncnc3c2cnn3-c2ccc(F)cc2)n1. The number of amides is 1. The Kier molecular flexibility index (Phi) is 5.34. The number of rotatable bonds is 6. The molecule has 1 aromatic carbocycles. The van der Waals surface area contributed by atoms with Crippen molar-refractivity contribution in [3.63, 3.8) is 0 Å². The number of anilines is 1. The lowest BCUT2D eigenvalue weighted by Gasteiger charge is -2.09. The van der Waals surface area contributed by atoms with E-state index in [2.05, 4.69) is 41.4 Å². The molecule has 0 radical (unpaired) electrons. The van der Waals surface area contributed by atoms with Crippen LogP contribution in [0.3, 0.4) is 0 Å². The predicted molar refractivity (Wildman–Crippen MR) is 110 cm³/mol. The number of hydrogen-bond acceptors (Lipinski definition) is 5. The molecule has 1 N–H and O–H groups in total. The van der Waals surface area contributed by atoms with Crippen LogP contribution in [-0.2, 0) is 4.79 Å². The second kappa shape index (κ2) is 8.08. The van der Waals surface area contributed by atoms with Gasteiger partial charge in [0.1, 0.15) is 18.0 Å². The van der Waals surface area contributed by atoms with Crippen LogP contribution in [-0.4, -0.2) is 40.8 Å². The third-order valence-corrected chi connectivity index (χ3v) is 4.81. The van der Waals surface area contributed by atoms with Gasteiger partial charge in [-0.05, 0) is 37.6 Å². The zero-order valence-electron chi connectivity index (χ0n) is 15.5. The zero-order chi connectivity index (χ0) is 20.4. The van der Waals surface area contributed by atoms with Crippen molar-refractivity contribution < 1.29 is 9.18 Å². The number of hydrogen-bond donors (Lipinski definition) is 1. The van der Waals surface area contributed by atoms with Crippen molar-refractivity contribution in [1.82, 2.24) is 29.5 Å². The molecule has 0 aliphatic carbocycles. The van der Waals surface area contributed by atoms with Gasteiger partial charge in [-0.3, -0.25) is 4.79 Å². The van der Waals surface area contributed by atoms with Crippen LogP contribution in [0.25, 0.3) is 22.5 Å². The summed E-state index contributed by atoms with van der Waals surface area (Å²) in [6.45, 7) is 1.84. The van der Waals surface area contributed by atoms with Crippen LogP contribution in [0, 0.1) is 12.7 Å². The lowest BCUT2D eigenvalue weighted by atomic mass is 10.3. The van der Waals surface area contributed by atoms with E-state index in [1.807, 2.05) is 6.92 Å². The summed E-state index contributed by atoms with van der Waals surface area (Å²) in [5.74, 6) is 0.592. The number of nitrogens with zero attached hydrogens (tertiary/aromatic N) is 6. The summed E-state index contributed by atoms with van der Waals surface area (Å²) in [5, 5.41) is 13.1. The number of halogens is 2. The molecule has 0 unspecified atom stereocenters. The van der Waals surface area contributed by atoms with Crippen molar-refractivity contribution in [2.75, 3.05) is 10.6 Å². The monoisotopic (exact) mass is 457 g/mol. The largest absolute Gasteiger partial charge is 0.311 e. The minimum Gasteiger partial charge on any atom is -0.311 e. The van der Waals surface area contributed by atoms with Crippen molar-refractivity contribution in [3.8, 4) is 11.5 Å². The maximum atomic E-state index is 13.3. The standard InChI is InChI=1S/C19H17BrFN7O/c1-12-9-16(25-17(29)3-2-8-20)28(26-12)19-15-10-24-27(18(15)22-11-23-19)14-6-4-13(21)5-7-14/h4-7,9-11H,2-3,8H2,1H3,(H,25,29). The molecule has 3 heterocycles. The minimum absolute atomic E-state index is 0.0992. The van der Waals surface area contributed by atoms with Gasteiger partial charge in [0.25, 0.3) is 0 Å². The second-order valence-corrected chi connectivity index (χ2v) is 7.18. The average Bonchev–Trinajstić information content (AvgIpc) is 3.30. The Morgan fingerprint density at radius 3 is 2.76 bits per heavy atom. The van der Waals surface area contributed by atoms with Gasteiger partial charge in [-0.1, -0.05) is 15.9 Å². The third kappa shape index (κ3) is 3.88. The first-order valence-electron chi connectivity index (χ1n) is 8.94. The van der Waals surface area contributed by atoms with Crippen molar-refractivity contribution in [2.24, 2.45) is 0 Å². The normalized spacial score (nSPS) is 11.1. The fraction of sp³-hybridized carbons (Fsp3) is 0.211. The number of aryl methyl sites for hydroxylation is 1. The molecule has 4 rings (SSSR count). The summed E-state index contributed by atoms with van der Waals surface area (Å²) in [6, 6.07) is 7.75. The lowest BCUT2D eigenvalue weighted by Crippen LogP contribution is -2.15. The summed E-state index contributed by atoms with van der Waals surface area (Å²) in [7, 11) is 0. The van der Waals surface area contributed by atoms with Crippen molar-refractivity contribution >= 4 is 38.7 Å². The first kappa shape index (κ1) is 19.2. The molecule has 0 saturated heterocycles. The van der Waals surface area contributed by atoms with Crippen molar-refractivity contribution in [3.05, 3.63) is 54.4 Å². The maximum Gasteiger partial charge on any atom is 0.225 e. The highest BCUT2D eigenvalue weighted by atomic mass is 79.9. The van der Waals surface area contributed by atoms with Gasteiger partial charge in [-0.25, -0.2) is 19.0 Å². The summed E-state index contributed by atoms with van der Waals surface area (Å²) >= 11 is 3.33. The van der Waals surface area contributed by atoms with Crippen molar-refractivity contribution in [1.29, 1.82) is 0 Å². The van der Waals surface area contributed by atoms with E-state index in [0.717, 1.165) is 17.4 Å². The summed E-state index contributed by atoms with van der Waals surface area (Å²) in [6.07, 6.45) is 4.17. The van der Waals surface area contributed by atoms with Crippen LogP contribution in [0.15, 0.2) is 42.9 Å². The van der Waals surface area contributed by atoms with Crippen LogP contribution in [0.4, 0.5) is 10.2 Å². The molecule has 0 atom stereocenters. The number of benzene rings is 1. The van der Waals surface area contributed by atoms with Gasteiger partial charge < -0.3 is 5.32 Å². The van der Waals surface area contributed by atoms with E-state index in [-0.39, 0.29) is 11.7 Å². The molecule has 0 bridgehead atoms. The molecule has 3 aromatic heterocycles. The Bertz CT molecular complexity index is 1170. The first-order valence-corrected chi connectivity index (χ1v) is 10.1. The van der Waals surface area contributed by atoms with Gasteiger partial charge in [-0.15, -0.1) is 0 Å². The van der Waals surface area contributed by atoms with E-state index in [9.17, 15) is 9.18 Å². The van der Waals surface area contributed by atoms with E-state index in [4.69, 9.17) is 0 Å². The highest BCUT2D eigenvalue weighted by molar-refractivity contribution is 9.09. The first-order chi connectivity index (χ1) is 14.1. The molecule has 0 saturated carbocycles. The van der Waals surface area contributed by atoms with Gasteiger partial charge in [-0.2, -0.15) is 14.9 Å². The molecule has 1 amide bonds. The van der Waals surface area contributed by atoms with Crippen LogP contribution in [0.1, 0.15) is 18.5 Å². The molecular formula is C19H17BrFN7O. The quantitative estimate of drug-likeness (QED) is 0.447. The Balaban J connectivity index is 1.76. The molecule has 0 aliphatic heterocycles. The fourth-order valence-corrected chi connectivity index (χ4v) is 3.23. The molecular weight excluding hydrogens is 441 g/mol. The minimum atomic E-state index is -0.326. The molecule has 0 fully saturated rings. The van der Waals surface area contributed by atoms with Gasteiger partial charge in [0.2, 0.25) is 5.91 Å². The maximum absolute atomic E-state index is 13.3. The number of fused-ring (bicyclic) bond motifs is 1. The van der Waals surface area contributed by atoms with E-state index in [1.165, 1.54) is 18.5 Å². The molecule has 148 valence electrons. The Morgan fingerprint density at radius 1 is 1.21 bits per heavy atom. The van der Waals surface area contributed by atoms with Crippen LogP contribution in [0.5, 0.6) is 0 Å². The molecule has 4 aromatic rings. The highest BCUT2D eigenvalue weighted by Crippen LogP contribution is 2.24. The Morgan fingerprint density at radius 2 is 2.00 bits per heavy atom. The smallest absolute Gasteiger partial charge is 0.225 e. The summed E-state index contributed by atoms with van der Waals surface area (Å²) in [4.78, 5) is 20.9. The Labute approximate surface area is 173 Å². The van der Waals surface area contributed by atoms with Crippen LogP contribution in [0.2, 0.25) is 0 Å². The number of carbonyl (C=O) groups is 1. The zero-order valence-corrected chi connectivity index (χ0v) is 17.1. The van der Waals surface area contributed by atoms with Gasteiger partial charge >= 0.3 is 0 Å². The van der Waals surface area contributed by atoms with Gasteiger partial charge in [0.15, 0.2) is 11.5 Å². The van der Waals surface area contributed by atoms with E-state index in [0.29, 0.717) is 34.8 Å². The third-order valence-electron chi connectivity index (χ3n) is 4.25. The molecule has 8 nitrogen and oxygen atoms in total. The second-order valence-electron chi connectivity index (χ2n) is 6.39. The van der Waals surface area contributed by atoms with Crippen molar-refractivity contribution in [2.45, 2.75) is 19.8 Å². The molecule has 29 heavy (non-hydrogen) atoms. The summed E-state index contributed by atoms with van der Waals surface area (Å²) in [5.41, 5.74) is 1.95. The summed E-state index contributed by atoms with van der Waals surface area (Å²) < 4.78 is 16.4.